The van der Waals surface area contributed by atoms with E-state index in [4.69, 9.17) is 9.57 Å². The average Bonchev–Trinajstić information content (AvgIpc) is 3.42. The van der Waals surface area contributed by atoms with Crippen LogP contribution in [-0.2, 0) is 21.0 Å². The van der Waals surface area contributed by atoms with Gasteiger partial charge in [0.05, 0.1) is 0 Å². The summed E-state index contributed by atoms with van der Waals surface area (Å²) >= 11 is 0. The van der Waals surface area contributed by atoms with Crippen LogP contribution in [-0.4, -0.2) is 78.9 Å². The first-order valence-electron chi connectivity index (χ1n) is 10.7. The lowest BCUT2D eigenvalue weighted by atomic mass is 10.1. The minimum absolute atomic E-state index is 0.0692. The molecule has 10 heteroatoms. The molecule has 0 unspecified atom stereocenters. The summed E-state index contributed by atoms with van der Waals surface area (Å²) in [5, 5.41) is 0.567. The SMILES string of the molecule is O=C(ON1C(=O)CCC1=O)N1CCN(Cc2ccc(N3CCCC3)cc2OCF)CC1. The monoisotopic (exact) mass is 434 g/mol. The van der Waals surface area contributed by atoms with Crippen molar-refractivity contribution in [2.24, 2.45) is 0 Å². The zero-order valence-electron chi connectivity index (χ0n) is 17.4. The third-order valence-electron chi connectivity index (χ3n) is 5.93. The summed E-state index contributed by atoms with van der Waals surface area (Å²) in [6.07, 6.45) is 1.76. The standard InChI is InChI=1S/C21H27FN4O5/c22-15-30-18-13-17(24-7-1-2-8-24)4-3-16(18)14-23-9-11-25(12-10-23)21(29)31-26-19(27)5-6-20(26)28/h3-4,13H,1-2,5-12,14-15H2. The highest BCUT2D eigenvalue weighted by molar-refractivity contribution is 6.01. The number of carbonyl (C=O) groups excluding carboxylic acids is 3. The molecule has 0 N–H and O–H groups in total. The van der Waals surface area contributed by atoms with Gasteiger partial charge < -0.3 is 19.4 Å². The second-order valence-corrected chi connectivity index (χ2v) is 7.94. The van der Waals surface area contributed by atoms with E-state index in [0.29, 0.717) is 43.5 Å². The first kappa shape index (κ1) is 21.4. The molecule has 1 aromatic carbocycles. The predicted molar refractivity (Wildman–Crippen MR) is 109 cm³/mol. The first-order chi connectivity index (χ1) is 15.0. The van der Waals surface area contributed by atoms with Crippen LogP contribution in [0.15, 0.2) is 18.2 Å². The van der Waals surface area contributed by atoms with Gasteiger partial charge in [-0.15, -0.1) is 5.06 Å². The first-order valence-corrected chi connectivity index (χ1v) is 10.7. The second-order valence-electron chi connectivity index (χ2n) is 7.94. The molecule has 3 amide bonds. The number of amides is 3. The number of hydrogen-bond acceptors (Lipinski definition) is 7. The van der Waals surface area contributed by atoms with Crippen LogP contribution in [0.25, 0.3) is 0 Å². The maximum atomic E-state index is 12.9. The largest absolute Gasteiger partial charge is 0.463 e. The Labute approximate surface area is 180 Å². The summed E-state index contributed by atoms with van der Waals surface area (Å²) in [5.41, 5.74) is 1.94. The molecule has 0 atom stereocenters. The summed E-state index contributed by atoms with van der Waals surface area (Å²) in [7, 11) is 0. The highest BCUT2D eigenvalue weighted by Gasteiger charge is 2.35. The van der Waals surface area contributed by atoms with E-state index in [2.05, 4.69) is 9.80 Å². The summed E-state index contributed by atoms with van der Waals surface area (Å²) in [6.45, 7) is 3.66. The van der Waals surface area contributed by atoms with E-state index >= 15 is 0 Å². The normalized spacial score (nSPS) is 20.0. The van der Waals surface area contributed by atoms with Gasteiger partial charge in [0.1, 0.15) is 5.75 Å². The lowest BCUT2D eigenvalue weighted by molar-refractivity contribution is -0.174. The van der Waals surface area contributed by atoms with E-state index in [-0.39, 0.29) is 12.8 Å². The number of halogens is 1. The van der Waals surface area contributed by atoms with E-state index < -0.39 is 24.8 Å². The van der Waals surface area contributed by atoms with Gasteiger partial charge in [0, 0.05) is 76.0 Å². The Balaban J connectivity index is 1.32. The van der Waals surface area contributed by atoms with Crippen molar-refractivity contribution in [2.45, 2.75) is 32.2 Å². The highest BCUT2D eigenvalue weighted by atomic mass is 19.1. The molecule has 0 aliphatic carbocycles. The van der Waals surface area contributed by atoms with Gasteiger partial charge in [-0.2, -0.15) is 0 Å². The van der Waals surface area contributed by atoms with Gasteiger partial charge >= 0.3 is 6.09 Å². The molecule has 31 heavy (non-hydrogen) atoms. The fourth-order valence-electron chi connectivity index (χ4n) is 4.16. The number of hydroxylamine groups is 2. The molecule has 3 aliphatic rings. The van der Waals surface area contributed by atoms with Crippen LogP contribution in [0.3, 0.4) is 0 Å². The lowest BCUT2D eigenvalue weighted by Gasteiger charge is -2.34. The van der Waals surface area contributed by atoms with Crippen molar-refractivity contribution in [3.8, 4) is 5.75 Å². The van der Waals surface area contributed by atoms with Crippen molar-refractivity contribution < 1.29 is 28.3 Å². The molecular formula is C21H27FN4O5. The molecule has 3 fully saturated rings. The summed E-state index contributed by atoms with van der Waals surface area (Å²) < 4.78 is 18.2. The van der Waals surface area contributed by atoms with Crippen LogP contribution in [0, 0.1) is 0 Å². The van der Waals surface area contributed by atoms with Gasteiger partial charge in [0.25, 0.3) is 11.8 Å². The molecule has 1 aromatic rings. The van der Waals surface area contributed by atoms with E-state index in [0.717, 1.165) is 37.2 Å². The van der Waals surface area contributed by atoms with E-state index in [1.165, 1.54) is 4.90 Å². The maximum Gasteiger partial charge on any atom is 0.434 e. The topological polar surface area (TPSA) is 82.6 Å². The van der Waals surface area contributed by atoms with Gasteiger partial charge in [0.15, 0.2) is 0 Å². The Kier molecular flexibility index (Phi) is 6.55. The molecule has 0 saturated carbocycles. The van der Waals surface area contributed by atoms with Crippen LogP contribution < -0.4 is 9.64 Å². The van der Waals surface area contributed by atoms with E-state index in [9.17, 15) is 18.8 Å². The molecule has 3 aliphatic heterocycles. The predicted octanol–water partition coefficient (Wildman–Crippen LogP) is 1.91. The highest BCUT2D eigenvalue weighted by Crippen LogP contribution is 2.29. The lowest BCUT2D eigenvalue weighted by Crippen LogP contribution is -2.50. The number of imide groups is 1. The molecule has 3 saturated heterocycles. The molecule has 0 radical (unpaired) electrons. The Morgan fingerprint density at radius 2 is 1.65 bits per heavy atom. The Morgan fingerprint density at radius 1 is 0.968 bits per heavy atom. The van der Waals surface area contributed by atoms with Crippen molar-refractivity contribution in [2.75, 3.05) is 51.0 Å². The Bertz CT molecular complexity index is 821. The van der Waals surface area contributed by atoms with Crippen molar-refractivity contribution in [3.05, 3.63) is 23.8 Å². The van der Waals surface area contributed by atoms with Gasteiger partial charge in [-0.25, -0.2) is 9.18 Å². The van der Waals surface area contributed by atoms with Gasteiger partial charge in [-0.1, -0.05) is 6.07 Å². The number of alkyl halides is 1. The summed E-state index contributed by atoms with van der Waals surface area (Å²) in [5.74, 6) is -0.440. The van der Waals surface area contributed by atoms with Gasteiger partial charge in [0.2, 0.25) is 6.86 Å². The Morgan fingerprint density at radius 3 is 2.29 bits per heavy atom. The zero-order valence-corrected chi connectivity index (χ0v) is 17.4. The van der Waals surface area contributed by atoms with Gasteiger partial charge in [-0.3, -0.25) is 14.5 Å². The summed E-state index contributed by atoms with van der Waals surface area (Å²) in [6, 6.07) is 5.92. The molecule has 0 bridgehead atoms. The van der Waals surface area contributed by atoms with Crippen molar-refractivity contribution >= 4 is 23.6 Å². The molecule has 0 spiro atoms. The number of hydrogen-bond donors (Lipinski definition) is 0. The maximum absolute atomic E-state index is 12.9. The minimum Gasteiger partial charge on any atom is -0.463 e. The number of ether oxygens (including phenoxy) is 1. The summed E-state index contributed by atoms with van der Waals surface area (Å²) in [4.78, 5) is 46.4. The van der Waals surface area contributed by atoms with Gasteiger partial charge in [-0.05, 0) is 18.9 Å². The number of benzene rings is 1. The molecule has 3 heterocycles. The van der Waals surface area contributed by atoms with Crippen LogP contribution in [0.4, 0.5) is 14.9 Å². The Hall–Kier alpha value is -2.88. The van der Waals surface area contributed by atoms with Crippen LogP contribution in [0.2, 0.25) is 0 Å². The third kappa shape index (κ3) is 4.90. The number of rotatable bonds is 6. The number of piperazine rings is 1. The molecule has 4 rings (SSSR count). The fourth-order valence-corrected chi connectivity index (χ4v) is 4.16. The van der Waals surface area contributed by atoms with Crippen molar-refractivity contribution in [1.29, 1.82) is 0 Å². The third-order valence-corrected chi connectivity index (χ3v) is 5.93. The molecule has 9 nitrogen and oxygen atoms in total. The van der Waals surface area contributed by atoms with Crippen LogP contribution in [0.1, 0.15) is 31.2 Å². The smallest absolute Gasteiger partial charge is 0.434 e. The molecule has 0 aromatic heterocycles. The van der Waals surface area contributed by atoms with E-state index in [1.807, 2.05) is 18.2 Å². The average molecular weight is 434 g/mol. The van der Waals surface area contributed by atoms with Crippen LogP contribution >= 0.6 is 0 Å². The minimum atomic E-state index is -0.885. The number of carbonyl (C=O) groups is 3. The second kappa shape index (κ2) is 9.51. The fraction of sp³-hybridized carbons (Fsp3) is 0.571. The van der Waals surface area contributed by atoms with Crippen LogP contribution in [0.5, 0.6) is 5.75 Å². The van der Waals surface area contributed by atoms with Crippen molar-refractivity contribution in [3.63, 3.8) is 0 Å². The molecule has 168 valence electrons. The number of nitrogens with zero attached hydrogens (tertiary/aromatic N) is 4. The quantitative estimate of drug-likeness (QED) is 0.633. The number of anilines is 1. The van der Waals surface area contributed by atoms with Crippen molar-refractivity contribution in [1.82, 2.24) is 14.9 Å². The molecular weight excluding hydrogens is 407 g/mol. The zero-order chi connectivity index (χ0) is 21.8. The van der Waals surface area contributed by atoms with E-state index in [1.54, 1.807) is 0 Å².